The summed E-state index contributed by atoms with van der Waals surface area (Å²) in [5.41, 5.74) is 2.48. The van der Waals surface area contributed by atoms with Crippen LogP contribution in [-0.2, 0) is 11.3 Å². The number of aromatic nitrogens is 2. The number of aliphatic hydroxyl groups excluding tert-OH is 1. The van der Waals surface area contributed by atoms with Crippen LogP contribution < -0.4 is 15.6 Å². The van der Waals surface area contributed by atoms with Crippen molar-refractivity contribution in [2.45, 2.75) is 26.1 Å². The van der Waals surface area contributed by atoms with Crippen LogP contribution in [0.1, 0.15) is 24.7 Å². The highest BCUT2D eigenvalue weighted by molar-refractivity contribution is 5.87. The summed E-state index contributed by atoms with van der Waals surface area (Å²) < 4.78 is 7.34. The van der Waals surface area contributed by atoms with Crippen LogP contribution in [0, 0.1) is 0 Å². The van der Waals surface area contributed by atoms with Crippen molar-refractivity contribution in [2.75, 3.05) is 11.9 Å². The van der Waals surface area contributed by atoms with Crippen LogP contribution in [-0.4, -0.2) is 38.6 Å². The lowest BCUT2D eigenvalue weighted by Crippen LogP contribution is -2.28. The van der Waals surface area contributed by atoms with Gasteiger partial charge in [0.05, 0.1) is 17.5 Å². The normalized spacial score (nSPS) is 15.2. The van der Waals surface area contributed by atoms with Crippen LogP contribution >= 0.6 is 0 Å². The highest BCUT2D eigenvalue weighted by Gasteiger charge is 2.22. The number of aliphatic hydroxyl groups is 1. The SMILES string of the molecule is CCOc1ccccc1C=C1CCn2c1nc1cc(NC(O)C(=O)O)ccc1c2=O. The van der Waals surface area contributed by atoms with Crippen molar-refractivity contribution in [2.24, 2.45) is 0 Å². The lowest BCUT2D eigenvalue weighted by atomic mass is 10.1. The van der Waals surface area contributed by atoms with Gasteiger partial charge in [0, 0.05) is 17.8 Å². The summed E-state index contributed by atoms with van der Waals surface area (Å²) >= 11 is 0. The predicted molar refractivity (Wildman–Crippen MR) is 113 cm³/mol. The molecule has 1 atom stereocenters. The highest BCUT2D eigenvalue weighted by atomic mass is 16.5. The Morgan fingerprint density at radius 1 is 1.33 bits per heavy atom. The molecule has 3 aromatic rings. The van der Waals surface area contributed by atoms with Gasteiger partial charge in [-0.15, -0.1) is 0 Å². The van der Waals surface area contributed by atoms with E-state index >= 15 is 0 Å². The molecule has 1 unspecified atom stereocenters. The Balaban J connectivity index is 1.78. The fraction of sp³-hybridized carbons (Fsp3) is 0.227. The first-order chi connectivity index (χ1) is 14.5. The number of nitrogens with one attached hydrogen (secondary N) is 1. The van der Waals surface area contributed by atoms with E-state index < -0.39 is 12.2 Å². The Bertz CT molecular complexity index is 1220. The average Bonchev–Trinajstić information content (AvgIpc) is 3.12. The zero-order valence-electron chi connectivity index (χ0n) is 16.3. The summed E-state index contributed by atoms with van der Waals surface area (Å²) in [4.78, 5) is 28.5. The molecule has 0 saturated carbocycles. The summed E-state index contributed by atoms with van der Waals surface area (Å²) in [6.07, 6.45) is 0.906. The number of anilines is 1. The van der Waals surface area contributed by atoms with Crippen molar-refractivity contribution in [3.8, 4) is 5.75 Å². The fourth-order valence-electron chi connectivity index (χ4n) is 3.54. The second kappa shape index (κ2) is 8.00. The Labute approximate surface area is 172 Å². The minimum absolute atomic E-state index is 0.151. The molecule has 1 aliphatic heterocycles. The van der Waals surface area contributed by atoms with Gasteiger partial charge in [-0.25, -0.2) is 9.78 Å². The Hall–Kier alpha value is -3.65. The molecule has 2 heterocycles. The van der Waals surface area contributed by atoms with Gasteiger partial charge in [-0.2, -0.15) is 0 Å². The Kier molecular flexibility index (Phi) is 5.24. The van der Waals surface area contributed by atoms with Crippen molar-refractivity contribution in [1.29, 1.82) is 0 Å². The van der Waals surface area contributed by atoms with Gasteiger partial charge in [-0.05, 0) is 49.3 Å². The molecule has 0 radical (unpaired) electrons. The van der Waals surface area contributed by atoms with Crippen LogP contribution in [0.3, 0.4) is 0 Å². The second-order valence-electron chi connectivity index (χ2n) is 6.90. The number of rotatable bonds is 6. The van der Waals surface area contributed by atoms with Gasteiger partial charge in [0.15, 0.2) is 0 Å². The molecule has 0 spiro atoms. The lowest BCUT2D eigenvalue weighted by Gasteiger charge is -2.11. The van der Waals surface area contributed by atoms with Gasteiger partial charge in [0.25, 0.3) is 5.56 Å². The van der Waals surface area contributed by atoms with Crippen LogP contribution in [0.25, 0.3) is 22.6 Å². The quantitative estimate of drug-likeness (QED) is 0.538. The standard InChI is InChI=1S/C22H21N3O5/c1-2-30-18-6-4-3-5-13(18)11-14-9-10-25-19(14)24-17-12-15(23-20(26)22(28)29)7-8-16(17)21(25)27/h3-8,11-12,20,23,26H,2,9-10H2,1H3,(H,28,29). The maximum Gasteiger partial charge on any atom is 0.353 e. The van der Waals surface area contributed by atoms with Crippen LogP contribution in [0.4, 0.5) is 5.69 Å². The molecule has 0 aliphatic carbocycles. The molecule has 2 aromatic carbocycles. The second-order valence-corrected chi connectivity index (χ2v) is 6.90. The number of hydrogen-bond acceptors (Lipinski definition) is 6. The van der Waals surface area contributed by atoms with Gasteiger partial charge in [-0.3, -0.25) is 9.36 Å². The first-order valence-corrected chi connectivity index (χ1v) is 9.62. The van der Waals surface area contributed by atoms with Crippen molar-refractivity contribution >= 4 is 34.2 Å². The lowest BCUT2D eigenvalue weighted by molar-refractivity contribution is -0.145. The average molecular weight is 407 g/mol. The van der Waals surface area contributed by atoms with E-state index in [-0.39, 0.29) is 5.56 Å². The summed E-state index contributed by atoms with van der Waals surface area (Å²) in [7, 11) is 0. The smallest absolute Gasteiger partial charge is 0.353 e. The number of ether oxygens (including phenoxy) is 1. The Morgan fingerprint density at radius 3 is 2.90 bits per heavy atom. The zero-order chi connectivity index (χ0) is 21.3. The van der Waals surface area contributed by atoms with Crippen molar-refractivity contribution in [3.63, 3.8) is 0 Å². The third-order valence-electron chi connectivity index (χ3n) is 4.93. The van der Waals surface area contributed by atoms with Crippen molar-refractivity contribution < 1.29 is 19.7 Å². The van der Waals surface area contributed by atoms with Gasteiger partial charge < -0.3 is 20.3 Å². The predicted octanol–water partition coefficient (Wildman–Crippen LogP) is 2.55. The molecule has 3 N–H and O–H groups in total. The number of fused-ring (bicyclic) bond motifs is 2. The minimum atomic E-state index is -1.75. The fourth-order valence-corrected chi connectivity index (χ4v) is 3.54. The highest BCUT2D eigenvalue weighted by Crippen LogP contribution is 2.30. The summed E-state index contributed by atoms with van der Waals surface area (Å²) in [6, 6.07) is 12.4. The molecule has 4 rings (SSSR count). The number of carboxylic acid groups (broad SMARTS) is 1. The van der Waals surface area contributed by atoms with Crippen LogP contribution in [0.2, 0.25) is 0 Å². The van der Waals surface area contributed by atoms with Crippen molar-refractivity contribution in [3.05, 3.63) is 64.2 Å². The van der Waals surface area contributed by atoms with E-state index in [4.69, 9.17) is 9.84 Å². The van der Waals surface area contributed by atoms with Crippen LogP contribution in [0.15, 0.2) is 47.3 Å². The van der Waals surface area contributed by atoms with Gasteiger partial charge in [-0.1, -0.05) is 18.2 Å². The summed E-state index contributed by atoms with van der Waals surface area (Å²) in [5.74, 6) is -0.0479. The first-order valence-electron chi connectivity index (χ1n) is 9.62. The number of benzene rings is 2. The molecule has 8 heteroatoms. The monoisotopic (exact) mass is 407 g/mol. The van der Waals surface area contributed by atoms with E-state index in [0.29, 0.717) is 42.0 Å². The molecule has 0 saturated heterocycles. The van der Waals surface area contributed by atoms with E-state index in [1.165, 1.54) is 0 Å². The van der Waals surface area contributed by atoms with Crippen molar-refractivity contribution in [1.82, 2.24) is 9.55 Å². The molecule has 1 aliphatic rings. The molecular weight excluding hydrogens is 386 g/mol. The molecule has 154 valence electrons. The zero-order valence-corrected chi connectivity index (χ0v) is 16.3. The molecule has 0 amide bonds. The number of nitrogens with zero attached hydrogens (tertiary/aromatic N) is 2. The maximum absolute atomic E-state index is 12.9. The summed E-state index contributed by atoms with van der Waals surface area (Å²) in [5, 5.41) is 21.3. The van der Waals surface area contributed by atoms with E-state index in [0.717, 1.165) is 16.9 Å². The Morgan fingerprint density at radius 2 is 2.13 bits per heavy atom. The number of carboxylic acids is 1. The third-order valence-corrected chi connectivity index (χ3v) is 4.93. The number of allylic oxidation sites excluding steroid dienone is 1. The number of para-hydroxylation sites is 1. The minimum Gasteiger partial charge on any atom is -0.493 e. The van der Waals surface area contributed by atoms with Gasteiger partial charge in [0.1, 0.15) is 11.6 Å². The van der Waals surface area contributed by atoms with E-state index in [9.17, 15) is 14.7 Å². The molecule has 1 aromatic heterocycles. The number of hydrogen-bond donors (Lipinski definition) is 3. The van der Waals surface area contributed by atoms with Gasteiger partial charge >= 0.3 is 5.97 Å². The maximum atomic E-state index is 12.9. The largest absolute Gasteiger partial charge is 0.493 e. The van der Waals surface area contributed by atoms with E-state index in [1.807, 2.05) is 37.3 Å². The topological polar surface area (TPSA) is 114 Å². The van der Waals surface area contributed by atoms with Gasteiger partial charge in [0.2, 0.25) is 6.23 Å². The molecule has 0 bridgehead atoms. The molecule has 8 nitrogen and oxygen atoms in total. The van der Waals surface area contributed by atoms with Crippen LogP contribution in [0.5, 0.6) is 5.75 Å². The third kappa shape index (κ3) is 3.65. The first kappa shape index (κ1) is 19.7. The van der Waals surface area contributed by atoms with E-state index in [2.05, 4.69) is 10.3 Å². The molecule has 0 fully saturated rings. The summed E-state index contributed by atoms with van der Waals surface area (Å²) in [6.45, 7) is 3.02. The molecule has 30 heavy (non-hydrogen) atoms. The molecular formula is C22H21N3O5. The number of aliphatic carboxylic acids is 1. The number of carbonyl (C=O) groups is 1. The van der Waals surface area contributed by atoms with E-state index in [1.54, 1.807) is 22.8 Å².